The van der Waals surface area contributed by atoms with Crippen molar-refractivity contribution in [1.82, 2.24) is 9.29 Å². The molecule has 0 amide bonds. The van der Waals surface area contributed by atoms with Gasteiger partial charge in [0.2, 0.25) is 10.0 Å². The Bertz CT molecular complexity index is 1120. The monoisotopic (exact) mass is 472 g/mol. The van der Waals surface area contributed by atoms with Gasteiger partial charge in [-0.1, -0.05) is 63.6 Å². The van der Waals surface area contributed by atoms with Gasteiger partial charge in [-0.3, -0.25) is 0 Å². The van der Waals surface area contributed by atoms with Crippen LogP contribution in [0.25, 0.3) is 0 Å². The molecule has 0 bridgehead atoms. The number of thiazole rings is 1. The number of hydrogen-bond donors (Lipinski definition) is 0. The predicted molar refractivity (Wildman–Crippen MR) is 131 cm³/mol. The Balaban J connectivity index is 1.74. The highest BCUT2D eigenvalue weighted by Gasteiger charge is 2.26. The van der Waals surface area contributed by atoms with Gasteiger partial charge in [-0.2, -0.15) is 4.31 Å². The van der Waals surface area contributed by atoms with Crippen LogP contribution in [0.3, 0.4) is 0 Å². The Morgan fingerprint density at radius 3 is 2.38 bits per heavy atom. The number of aryl methyl sites for hydroxylation is 1. The van der Waals surface area contributed by atoms with Gasteiger partial charge in [-0.05, 0) is 42.5 Å². The number of hydrogen-bond acceptors (Lipinski definition) is 5. The molecule has 0 aliphatic rings. The van der Waals surface area contributed by atoms with Crippen molar-refractivity contribution in [1.29, 1.82) is 0 Å². The molecule has 0 atom stereocenters. The summed E-state index contributed by atoms with van der Waals surface area (Å²) in [6, 6.07) is 15.0. The van der Waals surface area contributed by atoms with Crippen molar-refractivity contribution < 1.29 is 13.2 Å². The summed E-state index contributed by atoms with van der Waals surface area (Å²) in [6.07, 6.45) is 0. The highest BCUT2D eigenvalue weighted by molar-refractivity contribution is 7.89. The number of rotatable bonds is 10. The van der Waals surface area contributed by atoms with Crippen LogP contribution in [0.2, 0.25) is 0 Å². The normalized spacial score (nSPS) is 12.1. The molecule has 0 saturated carbocycles. The minimum absolute atomic E-state index is 0.198. The topological polar surface area (TPSA) is 59.5 Å². The molecule has 3 rings (SSSR count). The van der Waals surface area contributed by atoms with E-state index in [1.165, 1.54) is 15.6 Å². The summed E-state index contributed by atoms with van der Waals surface area (Å²) < 4.78 is 34.1. The van der Waals surface area contributed by atoms with E-state index in [9.17, 15) is 8.42 Å². The van der Waals surface area contributed by atoms with E-state index in [1.807, 2.05) is 56.5 Å². The zero-order valence-corrected chi connectivity index (χ0v) is 21.0. The number of para-hydroxylation sites is 1. The van der Waals surface area contributed by atoms with Gasteiger partial charge in [0, 0.05) is 11.9 Å². The smallest absolute Gasteiger partial charge is 0.243 e. The van der Waals surface area contributed by atoms with Crippen molar-refractivity contribution >= 4 is 21.4 Å². The highest BCUT2D eigenvalue weighted by atomic mass is 32.2. The molecule has 5 nitrogen and oxygen atoms in total. The molecule has 0 unspecified atom stereocenters. The number of ether oxygens (including phenoxy) is 1. The zero-order valence-electron chi connectivity index (χ0n) is 19.4. The van der Waals surface area contributed by atoms with E-state index in [0.717, 1.165) is 27.6 Å². The Kier molecular flexibility index (Phi) is 8.09. The molecule has 3 aromatic rings. The Labute approximate surface area is 196 Å². The van der Waals surface area contributed by atoms with Crippen LogP contribution < -0.4 is 4.74 Å². The lowest BCUT2D eigenvalue weighted by molar-refractivity contribution is 0.300. The summed E-state index contributed by atoms with van der Waals surface area (Å²) in [4.78, 5) is 4.97. The number of benzene rings is 2. The third-order valence-corrected chi connectivity index (χ3v) is 7.75. The Morgan fingerprint density at radius 2 is 1.72 bits per heavy atom. The predicted octanol–water partition coefficient (Wildman–Crippen LogP) is 6.00. The van der Waals surface area contributed by atoms with E-state index in [-0.39, 0.29) is 12.5 Å². The first-order chi connectivity index (χ1) is 15.2. The van der Waals surface area contributed by atoms with Gasteiger partial charge in [0.05, 0.1) is 17.1 Å². The first-order valence-electron chi connectivity index (χ1n) is 10.9. The fourth-order valence-corrected chi connectivity index (χ4v) is 5.68. The van der Waals surface area contributed by atoms with E-state index in [1.54, 1.807) is 12.1 Å². The molecule has 0 saturated heterocycles. The van der Waals surface area contributed by atoms with Crippen LogP contribution in [0.15, 0.2) is 58.8 Å². The molecule has 7 heteroatoms. The fraction of sp³-hybridized carbons (Fsp3) is 0.400. The maximum Gasteiger partial charge on any atom is 0.243 e. The lowest BCUT2D eigenvalue weighted by Gasteiger charge is -2.23. The fourth-order valence-electron chi connectivity index (χ4n) is 3.41. The first kappa shape index (κ1) is 24.4. The van der Waals surface area contributed by atoms with Gasteiger partial charge in [-0.15, -0.1) is 11.3 Å². The Hall–Kier alpha value is -2.22. The molecule has 0 radical (unpaired) electrons. The van der Waals surface area contributed by atoms with E-state index in [2.05, 4.69) is 24.9 Å². The molecule has 1 heterocycles. The van der Waals surface area contributed by atoms with Crippen LogP contribution in [-0.4, -0.2) is 24.3 Å². The summed E-state index contributed by atoms with van der Waals surface area (Å²) in [5.41, 5.74) is 2.93. The molecular formula is C25H32N2O3S2. The largest absolute Gasteiger partial charge is 0.486 e. The van der Waals surface area contributed by atoms with Gasteiger partial charge in [0.15, 0.2) is 0 Å². The first-order valence-corrected chi connectivity index (χ1v) is 13.2. The van der Waals surface area contributed by atoms with E-state index >= 15 is 0 Å². The second kappa shape index (κ2) is 10.6. The van der Waals surface area contributed by atoms with Crippen molar-refractivity contribution in [2.24, 2.45) is 5.92 Å². The van der Waals surface area contributed by atoms with Crippen molar-refractivity contribution in [3.05, 3.63) is 75.7 Å². The van der Waals surface area contributed by atoms with Crippen LogP contribution in [0.4, 0.5) is 0 Å². The quantitative estimate of drug-likeness (QED) is 0.363. The van der Waals surface area contributed by atoms with Crippen molar-refractivity contribution in [2.45, 2.75) is 58.6 Å². The summed E-state index contributed by atoms with van der Waals surface area (Å²) in [6.45, 7) is 11.3. The van der Waals surface area contributed by atoms with E-state index in [0.29, 0.717) is 24.0 Å². The minimum Gasteiger partial charge on any atom is -0.486 e. The summed E-state index contributed by atoms with van der Waals surface area (Å²) in [5, 5.41) is 2.75. The second-order valence-electron chi connectivity index (χ2n) is 8.72. The number of aromatic nitrogens is 1. The van der Waals surface area contributed by atoms with Gasteiger partial charge in [-0.25, -0.2) is 13.4 Å². The molecule has 0 spiro atoms. The van der Waals surface area contributed by atoms with Crippen LogP contribution in [-0.2, 0) is 23.2 Å². The van der Waals surface area contributed by atoms with Crippen molar-refractivity contribution in [3.8, 4) is 5.75 Å². The highest BCUT2D eigenvalue weighted by Crippen LogP contribution is 2.27. The third-order valence-electron chi connectivity index (χ3n) is 5.06. The standard InChI is InChI=1S/C25H32N2O3S2/c1-18(2)14-27(32(28,29)22-12-10-20(5)11-13-22)15-21-17-31-25(26-21)16-30-24-9-7-6-8-23(24)19(3)4/h6-13,17-19H,14-16H2,1-5H3. The van der Waals surface area contributed by atoms with Gasteiger partial charge in [0.1, 0.15) is 17.4 Å². The number of sulfonamides is 1. The number of nitrogens with zero attached hydrogens (tertiary/aromatic N) is 2. The molecule has 1 aromatic heterocycles. The van der Waals surface area contributed by atoms with Crippen LogP contribution in [0.5, 0.6) is 5.75 Å². The molecule has 32 heavy (non-hydrogen) atoms. The third kappa shape index (κ3) is 6.18. The van der Waals surface area contributed by atoms with Gasteiger partial charge in [0.25, 0.3) is 0 Å². The van der Waals surface area contributed by atoms with Crippen LogP contribution in [0.1, 0.15) is 55.4 Å². The SMILES string of the molecule is Cc1ccc(S(=O)(=O)N(Cc2csc(COc3ccccc3C(C)C)n2)CC(C)C)cc1. The molecule has 2 aromatic carbocycles. The van der Waals surface area contributed by atoms with Crippen LogP contribution in [0, 0.1) is 12.8 Å². The maximum absolute atomic E-state index is 13.3. The average molecular weight is 473 g/mol. The second-order valence-corrected chi connectivity index (χ2v) is 11.6. The zero-order chi connectivity index (χ0) is 23.3. The molecular weight excluding hydrogens is 440 g/mol. The molecule has 0 aliphatic carbocycles. The molecule has 0 fully saturated rings. The molecule has 172 valence electrons. The molecule has 0 N–H and O–H groups in total. The Morgan fingerprint density at radius 1 is 1.03 bits per heavy atom. The summed E-state index contributed by atoms with van der Waals surface area (Å²) in [7, 11) is -3.61. The summed E-state index contributed by atoms with van der Waals surface area (Å²) in [5.74, 6) is 1.43. The van der Waals surface area contributed by atoms with Gasteiger partial charge < -0.3 is 4.74 Å². The minimum atomic E-state index is -3.61. The van der Waals surface area contributed by atoms with Crippen molar-refractivity contribution in [2.75, 3.05) is 6.54 Å². The summed E-state index contributed by atoms with van der Waals surface area (Å²) >= 11 is 1.49. The average Bonchev–Trinajstić information content (AvgIpc) is 3.19. The van der Waals surface area contributed by atoms with Gasteiger partial charge >= 0.3 is 0 Å². The lowest BCUT2D eigenvalue weighted by atomic mass is 10.0. The maximum atomic E-state index is 13.3. The molecule has 0 aliphatic heterocycles. The van der Waals surface area contributed by atoms with E-state index < -0.39 is 10.0 Å². The van der Waals surface area contributed by atoms with E-state index in [4.69, 9.17) is 4.74 Å². The van der Waals surface area contributed by atoms with Crippen LogP contribution >= 0.6 is 11.3 Å². The van der Waals surface area contributed by atoms with Crippen molar-refractivity contribution in [3.63, 3.8) is 0 Å². The lowest BCUT2D eigenvalue weighted by Crippen LogP contribution is -2.34.